The molecule has 0 aliphatic rings. The summed E-state index contributed by atoms with van der Waals surface area (Å²) in [6, 6.07) is 5.69. The Kier molecular flexibility index (Phi) is 2.71. The van der Waals surface area contributed by atoms with E-state index in [2.05, 4.69) is 15.9 Å². The van der Waals surface area contributed by atoms with Gasteiger partial charge in [0.25, 0.3) is 0 Å². The number of hydrogen-bond acceptors (Lipinski definition) is 3. The summed E-state index contributed by atoms with van der Waals surface area (Å²) >= 11 is 4.55. The lowest BCUT2D eigenvalue weighted by Crippen LogP contribution is -2.14. The van der Waals surface area contributed by atoms with Crippen molar-refractivity contribution in [1.29, 1.82) is 0 Å². The van der Waals surface area contributed by atoms with Gasteiger partial charge in [0, 0.05) is 4.47 Å². The lowest BCUT2D eigenvalue weighted by Gasteiger charge is -1.99. The third-order valence-electron chi connectivity index (χ3n) is 1.95. The molecule has 5 heteroatoms. The molecule has 1 heterocycles. The van der Waals surface area contributed by atoms with Gasteiger partial charge in [0.15, 0.2) is 0 Å². The van der Waals surface area contributed by atoms with Crippen LogP contribution in [-0.2, 0) is 6.54 Å². The quantitative estimate of drug-likeness (QED) is 0.907. The van der Waals surface area contributed by atoms with Crippen LogP contribution in [0.5, 0.6) is 0 Å². The molecule has 0 atom stereocenters. The average Bonchev–Trinajstić information content (AvgIpc) is 2.43. The molecule has 0 spiro atoms. The average molecular weight is 274 g/mol. The van der Waals surface area contributed by atoms with Gasteiger partial charge in [-0.25, -0.2) is 0 Å². The number of hydrogen-bond donors (Lipinski definition) is 1. The molecule has 0 aliphatic heterocycles. The first-order valence-corrected chi connectivity index (χ1v) is 5.73. The van der Waals surface area contributed by atoms with Crippen LogP contribution < -0.4 is 4.87 Å². The maximum Gasteiger partial charge on any atom is 0.308 e. The Labute approximate surface area is 92.7 Å². The van der Waals surface area contributed by atoms with E-state index in [4.69, 9.17) is 5.11 Å². The highest BCUT2D eigenvalue weighted by Crippen LogP contribution is 2.21. The second-order valence-corrected chi connectivity index (χ2v) is 4.76. The highest BCUT2D eigenvalue weighted by atomic mass is 79.9. The Balaban J connectivity index is 2.71. The molecular formula is C9H8BrNO2S. The van der Waals surface area contributed by atoms with E-state index in [-0.39, 0.29) is 11.5 Å². The molecule has 74 valence electrons. The molecule has 2 rings (SSSR count). The topological polar surface area (TPSA) is 42.2 Å². The van der Waals surface area contributed by atoms with Gasteiger partial charge in [-0.1, -0.05) is 27.3 Å². The van der Waals surface area contributed by atoms with Crippen LogP contribution in [0.4, 0.5) is 0 Å². The minimum Gasteiger partial charge on any atom is -0.395 e. The van der Waals surface area contributed by atoms with Crippen molar-refractivity contribution in [2.24, 2.45) is 0 Å². The molecule has 0 radical (unpaired) electrons. The van der Waals surface area contributed by atoms with Crippen molar-refractivity contribution in [3.8, 4) is 0 Å². The number of benzene rings is 1. The maximum absolute atomic E-state index is 11.5. The molecule has 3 nitrogen and oxygen atoms in total. The molecule has 1 aromatic carbocycles. The summed E-state index contributed by atoms with van der Waals surface area (Å²) in [4.78, 5) is 11.5. The van der Waals surface area contributed by atoms with Gasteiger partial charge in [-0.15, -0.1) is 0 Å². The largest absolute Gasteiger partial charge is 0.395 e. The maximum atomic E-state index is 11.5. The van der Waals surface area contributed by atoms with Crippen LogP contribution in [-0.4, -0.2) is 16.3 Å². The van der Waals surface area contributed by atoms with Gasteiger partial charge in [-0.2, -0.15) is 0 Å². The van der Waals surface area contributed by atoms with Crippen molar-refractivity contribution < 1.29 is 5.11 Å². The van der Waals surface area contributed by atoms with Gasteiger partial charge in [0.05, 0.1) is 23.4 Å². The van der Waals surface area contributed by atoms with Crippen LogP contribution in [0, 0.1) is 0 Å². The molecule has 14 heavy (non-hydrogen) atoms. The molecular weight excluding hydrogens is 266 g/mol. The first kappa shape index (κ1) is 9.89. The molecule has 0 saturated carbocycles. The second-order valence-electron chi connectivity index (χ2n) is 2.86. The van der Waals surface area contributed by atoms with Gasteiger partial charge in [0.2, 0.25) is 0 Å². The third-order valence-corrected chi connectivity index (χ3v) is 3.39. The Hall–Kier alpha value is -0.650. The monoisotopic (exact) mass is 273 g/mol. The predicted molar refractivity (Wildman–Crippen MR) is 60.9 cm³/mol. The van der Waals surface area contributed by atoms with Crippen LogP contribution in [0.2, 0.25) is 0 Å². The van der Waals surface area contributed by atoms with E-state index >= 15 is 0 Å². The van der Waals surface area contributed by atoms with Crippen molar-refractivity contribution in [3.63, 3.8) is 0 Å². The minimum atomic E-state index is -0.0212. The summed E-state index contributed by atoms with van der Waals surface area (Å²) in [5.74, 6) is 0. The van der Waals surface area contributed by atoms with Crippen LogP contribution in [0.3, 0.4) is 0 Å². The molecule has 0 fully saturated rings. The van der Waals surface area contributed by atoms with Gasteiger partial charge in [-0.05, 0) is 18.2 Å². The lowest BCUT2D eigenvalue weighted by atomic mass is 10.3. The molecule has 1 N–H and O–H groups in total. The van der Waals surface area contributed by atoms with Crippen molar-refractivity contribution in [2.45, 2.75) is 6.54 Å². The number of rotatable bonds is 2. The Morgan fingerprint density at radius 3 is 3.00 bits per heavy atom. The molecule has 0 saturated heterocycles. The summed E-state index contributed by atoms with van der Waals surface area (Å²) in [6.45, 7) is 0.349. The number of aromatic nitrogens is 1. The summed E-state index contributed by atoms with van der Waals surface area (Å²) in [5, 5.41) is 8.81. The van der Waals surface area contributed by atoms with E-state index in [9.17, 15) is 4.79 Å². The Morgan fingerprint density at radius 2 is 2.29 bits per heavy atom. The first-order valence-electron chi connectivity index (χ1n) is 4.12. The fraction of sp³-hybridized carbons (Fsp3) is 0.222. The van der Waals surface area contributed by atoms with Crippen molar-refractivity contribution >= 4 is 37.5 Å². The fourth-order valence-electron chi connectivity index (χ4n) is 1.35. The fourth-order valence-corrected chi connectivity index (χ4v) is 2.82. The number of thiazole rings is 1. The van der Waals surface area contributed by atoms with Crippen molar-refractivity contribution in [3.05, 3.63) is 32.3 Å². The third kappa shape index (κ3) is 1.63. The summed E-state index contributed by atoms with van der Waals surface area (Å²) in [6.07, 6.45) is 0. The number of aliphatic hydroxyl groups excluding tert-OH is 1. The zero-order chi connectivity index (χ0) is 10.1. The van der Waals surface area contributed by atoms with Gasteiger partial charge in [0.1, 0.15) is 0 Å². The Bertz CT molecular complexity index is 517. The van der Waals surface area contributed by atoms with E-state index in [1.807, 2.05) is 18.2 Å². The predicted octanol–water partition coefficient (Wildman–Crippen LogP) is 1.82. The highest BCUT2D eigenvalue weighted by Gasteiger charge is 2.06. The van der Waals surface area contributed by atoms with E-state index in [1.165, 1.54) is 11.3 Å². The van der Waals surface area contributed by atoms with Gasteiger partial charge < -0.3 is 5.11 Å². The number of fused-ring (bicyclic) bond motifs is 1. The molecule has 1 aromatic heterocycles. The van der Waals surface area contributed by atoms with E-state index in [0.29, 0.717) is 6.54 Å². The van der Waals surface area contributed by atoms with E-state index in [1.54, 1.807) is 4.57 Å². The molecule has 0 aliphatic carbocycles. The second kappa shape index (κ2) is 3.84. The molecule has 0 amide bonds. The van der Waals surface area contributed by atoms with Crippen LogP contribution >= 0.6 is 27.3 Å². The van der Waals surface area contributed by atoms with Crippen molar-refractivity contribution in [2.75, 3.05) is 6.61 Å². The number of halogens is 1. The smallest absolute Gasteiger partial charge is 0.308 e. The van der Waals surface area contributed by atoms with Crippen LogP contribution in [0.15, 0.2) is 27.5 Å². The lowest BCUT2D eigenvalue weighted by molar-refractivity contribution is 0.277. The first-order chi connectivity index (χ1) is 6.72. The molecule has 0 bridgehead atoms. The van der Waals surface area contributed by atoms with E-state index in [0.717, 1.165) is 14.7 Å². The van der Waals surface area contributed by atoms with Crippen LogP contribution in [0.25, 0.3) is 10.2 Å². The standard InChI is InChI=1S/C9H8BrNO2S/c10-6-1-2-7-8(5-6)14-9(13)11(7)3-4-12/h1-2,5,12H,3-4H2. The van der Waals surface area contributed by atoms with Crippen LogP contribution in [0.1, 0.15) is 0 Å². The zero-order valence-corrected chi connectivity index (χ0v) is 9.64. The SMILES string of the molecule is O=c1sc2cc(Br)ccc2n1CCO. The normalized spacial score (nSPS) is 11.0. The van der Waals surface area contributed by atoms with Gasteiger partial charge in [-0.3, -0.25) is 9.36 Å². The minimum absolute atomic E-state index is 0.0121. The molecule has 2 aromatic rings. The summed E-state index contributed by atoms with van der Waals surface area (Å²) < 4.78 is 3.49. The van der Waals surface area contributed by atoms with Gasteiger partial charge >= 0.3 is 4.87 Å². The summed E-state index contributed by atoms with van der Waals surface area (Å²) in [5.41, 5.74) is 0.886. The number of nitrogens with zero attached hydrogens (tertiary/aromatic N) is 1. The summed E-state index contributed by atoms with van der Waals surface area (Å²) in [7, 11) is 0. The van der Waals surface area contributed by atoms with Crippen molar-refractivity contribution in [1.82, 2.24) is 4.57 Å². The zero-order valence-electron chi connectivity index (χ0n) is 7.24. The highest BCUT2D eigenvalue weighted by molar-refractivity contribution is 9.10. The molecule has 0 unspecified atom stereocenters. The Morgan fingerprint density at radius 1 is 1.50 bits per heavy atom. The number of aliphatic hydroxyl groups is 1. The van der Waals surface area contributed by atoms with E-state index < -0.39 is 0 Å².